The van der Waals surface area contributed by atoms with Crippen LogP contribution in [0.5, 0.6) is 0 Å². The van der Waals surface area contributed by atoms with E-state index in [1.165, 1.54) is 11.4 Å². The SMILES string of the molecule is COCCC(NC(=O)C1CCN(S(C)(=O)=O)CC1)C(=O)O. The van der Waals surface area contributed by atoms with Crippen molar-refractivity contribution in [3.8, 4) is 0 Å². The molecule has 1 atom stereocenters. The summed E-state index contributed by atoms with van der Waals surface area (Å²) in [6.07, 6.45) is 2.13. The van der Waals surface area contributed by atoms with Crippen LogP contribution in [0, 0.1) is 5.92 Å². The molecule has 9 heteroatoms. The number of carbonyl (C=O) groups excluding carboxylic acids is 1. The van der Waals surface area contributed by atoms with Gasteiger partial charge in [0, 0.05) is 39.1 Å². The Kier molecular flexibility index (Phi) is 6.56. The van der Waals surface area contributed by atoms with E-state index in [0.29, 0.717) is 12.8 Å². The van der Waals surface area contributed by atoms with E-state index in [1.807, 2.05) is 0 Å². The quantitative estimate of drug-likeness (QED) is 0.638. The van der Waals surface area contributed by atoms with E-state index in [9.17, 15) is 18.0 Å². The van der Waals surface area contributed by atoms with Gasteiger partial charge in [0.25, 0.3) is 0 Å². The molecule has 1 saturated heterocycles. The number of amides is 1. The molecule has 21 heavy (non-hydrogen) atoms. The van der Waals surface area contributed by atoms with Crippen LogP contribution in [0.15, 0.2) is 0 Å². The topological polar surface area (TPSA) is 113 Å². The number of carboxylic acid groups (broad SMARTS) is 1. The third-order valence-corrected chi connectivity index (χ3v) is 4.82. The summed E-state index contributed by atoms with van der Waals surface area (Å²) in [5, 5.41) is 11.5. The van der Waals surface area contributed by atoms with Crippen LogP contribution in [0.25, 0.3) is 0 Å². The zero-order chi connectivity index (χ0) is 16.0. The van der Waals surface area contributed by atoms with Crippen LogP contribution >= 0.6 is 0 Å². The second kappa shape index (κ2) is 7.71. The normalized spacial score (nSPS) is 19.1. The number of rotatable bonds is 7. The molecule has 0 aromatic heterocycles. The molecule has 1 heterocycles. The second-order valence-corrected chi connectivity index (χ2v) is 7.10. The Morgan fingerprint density at radius 1 is 1.38 bits per heavy atom. The molecule has 1 rings (SSSR count). The van der Waals surface area contributed by atoms with E-state index < -0.39 is 22.0 Å². The fraction of sp³-hybridized carbons (Fsp3) is 0.833. The number of nitrogens with one attached hydrogen (secondary N) is 1. The van der Waals surface area contributed by atoms with Gasteiger partial charge in [0.15, 0.2) is 0 Å². The minimum atomic E-state index is -3.23. The standard InChI is InChI=1S/C12H22N2O6S/c1-20-8-5-10(12(16)17)13-11(15)9-3-6-14(7-4-9)21(2,18)19/h9-10H,3-8H2,1-2H3,(H,13,15)(H,16,17). The van der Waals surface area contributed by atoms with E-state index >= 15 is 0 Å². The number of carbonyl (C=O) groups is 2. The average Bonchev–Trinajstić information content (AvgIpc) is 2.42. The number of methoxy groups -OCH3 is 1. The first-order valence-corrected chi connectivity index (χ1v) is 8.57. The first-order chi connectivity index (χ1) is 9.75. The molecule has 8 nitrogen and oxygen atoms in total. The highest BCUT2D eigenvalue weighted by molar-refractivity contribution is 7.88. The Hall–Kier alpha value is -1.19. The molecular formula is C12H22N2O6S. The van der Waals surface area contributed by atoms with Crippen LogP contribution in [0.1, 0.15) is 19.3 Å². The minimum Gasteiger partial charge on any atom is -0.480 e. The van der Waals surface area contributed by atoms with Crippen LogP contribution in [0.4, 0.5) is 0 Å². The van der Waals surface area contributed by atoms with Crippen molar-refractivity contribution in [3.63, 3.8) is 0 Å². The summed E-state index contributed by atoms with van der Waals surface area (Å²) in [5.74, 6) is -1.80. The van der Waals surface area contributed by atoms with Gasteiger partial charge in [-0.3, -0.25) is 4.79 Å². The number of ether oxygens (including phenoxy) is 1. The smallest absolute Gasteiger partial charge is 0.326 e. The van der Waals surface area contributed by atoms with Crippen LogP contribution in [-0.4, -0.2) is 68.8 Å². The number of carboxylic acids is 1. The van der Waals surface area contributed by atoms with Crippen molar-refractivity contribution < 1.29 is 27.9 Å². The highest BCUT2D eigenvalue weighted by atomic mass is 32.2. The summed E-state index contributed by atoms with van der Waals surface area (Å²) in [6, 6.07) is -0.981. The number of nitrogens with zero attached hydrogens (tertiary/aromatic N) is 1. The van der Waals surface area contributed by atoms with E-state index in [0.717, 1.165) is 6.26 Å². The fourth-order valence-corrected chi connectivity index (χ4v) is 3.11. The third kappa shape index (κ3) is 5.60. The maximum Gasteiger partial charge on any atom is 0.326 e. The number of hydrogen-bond acceptors (Lipinski definition) is 5. The molecule has 1 aliphatic heterocycles. The van der Waals surface area contributed by atoms with Crippen LogP contribution in [-0.2, 0) is 24.3 Å². The van der Waals surface area contributed by atoms with Gasteiger partial charge in [0.2, 0.25) is 15.9 Å². The monoisotopic (exact) mass is 322 g/mol. The summed E-state index contributed by atoms with van der Waals surface area (Å²) in [5.41, 5.74) is 0. The Morgan fingerprint density at radius 3 is 2.38 bits per heavy atom. The highest BCUT2D eigenvalue weighted by Crippen LogP contribution is 2.19. The molecule has 1 amide bonds. The van der Waals surface area contributed by atoms with Crippen molar-refractivity contribution in [2.24, 2.45) is 5.92 Å². The van der Waals surface area contributed by atoms with Crippen LogP contribution in [0.3, 0.4) is 0 Å². The van der Waals surface area contributed by atoms with Gasteiger partial charge >= 0.3 is 5.97 Å². The van der Waals surface area contributed by atoms with Crippen molar-refractivity contribution in [2.75, 3.05) is 33.1 Å². The Balaban J connectivity index is 2.51. The largest absolute Gasteiger partial charge is 0.480 e. The average molecular weight is 322 g/mol. The lowest BCUT2D eigenvalue weighted by Crippen LogP contribution is -2.47. The van der Waals surface area contributed by atoms with Crippen molar-refractivity contribution in [3.05, 3.63) is 0 Å². The van der Waals surface area contributed by atoms with Crippen molar-refractivity contribution in [2.45, 2.75) is 25.3 Å². The third-order valence-electron chi connectivity index (χ3n) is 3.52. The van der Waals surface area contributed by atoms with E-state index in [2.05, 4.69) is 5.32 Å². The molecular weight excluding hydrogens is 300 g/mol. The molecule has 2 N–H and O–H groups in total. The van der Waals surface area contributed by atoms with E-state index in [-0.39, 0.29) is 37.9 Å². The van der Waals surface area contributed by atoms with Crippen molar-refractivity contribution >= 4 is 21.9 Å². The fourth-order valence-electron chi connectivity index (χ4n) is 2.23. The highest BCUT2D eigenvalue weighted by Gasteiger charge is 2.30. The van der Waals surface area contributed by atoms with Crippen molar-refractivity contribution in [1.29, 1.82) is 0 Å². The molecule has 0 aromatic rings. The Bertz CT molecular complexity index is 470. The van der Waals surface area contributed by atoms with E-state index in [4.69, 9.17) is 9.84 Å². The minimum absolute atomic E-state index is 0.194. The Labute approximate surface area is 124 Å². The Morgan fingerprint density at radius 2 is 1.95 bits per heavy atom. The summed E-state index contributed by atoms with van der Waals surface area (Å²) in [4.78, 5) is 23.1. The number of piperidine rings is 1. The van der Waals surface area contributed by atoms with Gasteiger partial charge in [-0.2, -0.15) is 0 Å². The van der Waals surface area contributed by atoms with Gasteiger partial charge in [-0.05, 0) is 12.8 Å². The first kappa shape index (κ1) is 17.9. The number of sulfonamides is 1. The number of hydrogen-bond donors (Lipinski definition) is 2. The molecule has 1 fully saturated rings. The van der Waals surface area contributed by atoms with Gasteiger partial charge in [-0.25, -0.2) is 17.5 Å². The molecule has 122 valence electrons. The lowest BCUT2D eigenvalue weighted by Gasteiger charge is -2.30. The molecule has 0 spiro atoms. The molecule has 0 saturated carbocycles. The summed E-state index contributed by atoms with van der Waals surface area (Å²) in [7, 11) is -1.77. The molecule has 1 unspecified atom stereocenters. The lowest BCUT2D eigenvalue weighted by molar-refractivity contribution is -0.143. The summed E-state index contributed by atoms with van der Waals surface area (Å²) < 4.78 is 28.9. The maximum absolute atomic E-state index is 12.0. The first-order valence-electron chi connectivity index (χ1n) is 6.73. The van der Waals surface area contributed by atoms with Gasteiger partial charge < -0.3 is 15.2 Å². The molecule has 0 radical (unpaired) electrons. The van der Waals surface area contributed by atoms with Crippen LogP contribution in [0.2, 0.25) is 0 Å². The molecule has 0 aliphatic carbocycles. The maximum atomic E-state index is 12.0. The predicted octanol–water partition coefficient (Wildman–Crippen LogP) is -0.736. The van der Waals surface area contributed by atoms with Crippen LogP contribution < -0.4 is 5.32 Å². The van der Waals surface area contributed by atoms with Crippen molar-refractivity contribution in [1.82, 2.24) is 9.62 Å². The zero-order valence-electron chi connectivity index (χ0n) is 12.2. The van der Waals surface area contributed by atoms with Gasteiger partial charge in [0.1, 0.15) is 6.04 Å². The van der Waals surface area contributed by atoms with Gasteiger partial charge in [-0.1, -0.05) is 0 Å². The predicted molar refractivity (Wildman–Crippen MR) is 75.2 cm³/mol. The summed E-state index contributed by atoms with van der Waals surface area (Å²) >= 11 is 0. The zero-order valence-corrected chi connectivity index (χ0v) is 13.1. The molecule has 1 aliphatic rings. The number of aliphatic carboxylic acids is 1. The van der Waals surface area contributed by atoms with Gasteiger partial charge in [-0.15, -0.1) is 0 Å². The molecule has 0 bridgehead atoms. The lowest BCUT2D eigenvalue weighted by atomic mass is 9.96. The second-order valence-electron chi connectivity index (χ2n) is 5.12. The van der Waals surface area contributed by atoms with Gasteiger partial charge in [0.05, 0.1) is 6.26 Å². The molecule has 0 aromatic carbocycles. The summed E-state index contributed by atoms with van der Waals surface area (Å²) in [6.45, 7) is 0.809. The van der Waals surface area contributed by atoms with E-state index in [1.54, 1.807) is 0 Å².